The Labute approximate surface area is 274 Å². The summed E-state index contributed by atoms with van der Waals surface area (Å²) in [5, 5.41) is 28.7. The number of phenolic OH excluding ortho intramolecular Hbond substituents is 1. The number of rotatable bonds is 13. The molecule has 2 heterocycles. The fourth-order valence-corrected chi connectivity index (χ4v) is 5.59. The van der Waals surface area contributed by atoms with Crippen LogP contribution in [0.1, 0.15) is 55.5 Å². The summed E-state index contributed by atoms with van der Waals surface area (Å²) in [6.45, 7) is 3.56. The minimum absolute atomic E-state index is 0.0430. The van der Waals surface area contributed by atoms with E-state index in [0.29, 0.717) is 53.4 Å². The Morgan fingerprint density at radius 3 is 2.42 bits per heavy atom. The van der Waals surface area contributed by atoms with Gasteiger partial charge in [-0.25, -0.2) is 9.59 Å². The molecule has 2 aromatic rings. The van der Waals surface area contributed by atoms with Gasteiger partial charge in [-0.2, -0.15) is 0 Å². The molecule has 2 aliphatic heterocycles. The van der Waals surface area contributed by atoms with E-state index in [2.05, 4.69) is 16.0 Å². The van der Waals surface area contributed by atoms with Gasteiger partial charge in [-0.05, 0) is 68.1 Å². The van der Waals surface area contributed by atoms with Crippen LogP contribution in [0.4, 0.5) is 0 Å². The second kappa shape index (κ2) is 14.4. The van der Waals surface area contributed by atoms with Crippen molar-refractivity contribution in [2.45, 2.75) is 64.1 Å². The van der Waals surface area contributed by atoms with Crippen molar-refractivity contribution >= 4 is 40.6 Å². The van der Waals surface area contributed by atoms with E-state index < -0.39 is 36.0 Å². The van der Waals surface area contributed by atoms with Crippen molar-refractivity contribution in [3.63, 3.8) is 0 Å². The highest BCUT2D eigenvalue weighted by molar-refractivity contribution is 6.07. The third-order valence-corrected chi connectivity index (χ3v) is 8.12. The molecule has 0 bridgehead atoms. The average Bonchev–Trinajstić information content (AvgIpc) is 3.03. The van der Waals surface area contributed by atoms with Crippen molar-refractivity contribution in [3.8, 4) is 28.2 Å². The van der Waals surface area contributed by atoms with Crippen molar-refractivity contribution in [2.24, 2.45) is 0 Å². The number of carbonyl (C=O) groups is 5. The van der Waals surface area contributed by atoms with Crippen molar-refractivity contribution in [1.29, 1.82) is 0 Å². The molecule has 250 valence electrons. The lowest BCUT2D eigenvalue weighted by atomic mass is 9.89. The lowest BCUT2D eigenvalue weighted by Crippen LogP contribution is -2.61. The summed E-state index contributed by atoms with van der Waals surface area (Å²) in [4.78, 5) is 73.0. The second-order valence-electron chi connectivity index (χ2n) is 11.8. The Bertz CT molecular complexity index is 1930. The molecule has 1 fully saturated rings. The minimum atomic E-state index is -1.20. The maximum absolute atomic E-state index is 12.7. The molecule has 3 atom stereocenters. The van der Waals surface area contributed by atoms with Crippen molar-refractivity contribution in [3.05, 3.63) is 75.9 Å². The topological polar surface area (TPSA) is 201 Å². The van der Waals surface area contributed by atoms with Crippen LogP contribution in [0.15, 0.2) is 63.8 Å². The van der Waals surface area contributed by atoms with E-state index in [9.17, 15) is 39.0 Å². The molecule has 5 N–H and O–H groups in total. The number of carboxylic acids is 1. The lowest BCUT2D eigenvalue weighted by Gasteiger charge is -2.33. The zero-order valence-electron chi connectivity index (χ0n) is 26.3. The van der Waals surface area contributed by atoms with Gasteiger partial charge in [-0.15, -0.1) is 0 Å². The highest BCUT2D eigenvalue weighted by Gasteiger charge is 2.40. The van der Waals surface area contributed by atoms with Gasteiger partial charge < -0.3 is 35.3 Å². The second-order valence-corrected chi connectivity index (χ2v) is 11.8. The number of amides is 3. The fraction of sp³-hybridized carbons (Fsp3) is 0.314. The largest absolute Gasteiger partial charge is 0.508 e. The van der Waals surface area contributed by atoms with Crippen LogP contribution in [0, 0.1) is 0 Å². The summed E-state index contributed by atoms with van der Waals surface area (Å²) in [7, 11) is 0. The summed E-state index contributed by atoms with van der Waals surface area (Å²) >= 11 is 0. The van der Waals surface area contributed by atoms with Gasteiger partial charge in [0.25, 0.3) is 0 Å². The number of nitrogens with one attached hydrogen (secondary N) is 3. The smallest absolute Gasteiger partial charge is 0.336 e. The number of benzene rings is 3. The number of fused-ring (bicyclic) bond motifs is 2. The zero-order chi connectivity index (χ0) is 34.5. The first-order valence-electron chi connectivity index (χ1n) is 15.5. The van der Waals surface area contributed by atoms with E-state index in [1.165, 1.54) is 37.3 Å². The molecule has 2 aromatic carbocycles. The van der Waals surface area contributed by atoms with E-state index in [-0.39, 0.29) is 52.7 Å². The van der Waals surface area contributed by atoms with E-state index in [0.717, 1.165) is 0 Å². The van der Waals surface area contributed by atoms with Crippen LogP contribution in [0.5, 0.6) is 5.75 Å². The lowest BCUT2D eigenvalue weighted by molar-refractivity contribution is -0.176. The highest BCUT2D eigenvalue weighted by atomic mass is 16.6. The van der Waals surface area contributed by atoms with Gasteiger partial charge in [0, 0.05) is 41.6 Å². The average molecular weight is 658 g/mol. The fourth-order valence-electron chi connectivity index (χ4n) is 5.59. The molecular weight excluding hydrogens is 622 g/mol. The minimum Gasteiger partial charge on any atom is -0.508 e. The van der Waals surface area contributed by atoms with Gasteiger partial charge in [0.2, 0.25) is 17.7 Å². The number of carboxylic acid groups (broad SMARTS) is 1. The van der Waals surface area contributed by atoms with Gasteiger partial charge in [0.15, 0.2) is 11.5 Å². The van der Waals surface area contributed by atoms with Crippen LogP contribution in [0.2, 0.25) is 0 Å². The number of unbranched alkanes of at least 4 members (excludes halogenated alkanes) is 2. The first-order valence-corrected chi connectivity index (χ1v) is 15.5. The number of hydrogen-bond donors (Lipinski definition) is 5. The number of carbonyl (C=O) groups excluding carboxylic acids is 4. The SMILES string of the molecule is CC1OC(=O)C1NC(=O)[C@H](C)NC(=O)CCCCCNC(=O)Cc1ccc(-c2c3ccc(=O)cc-3oc3cc(O)ccc23)c(C(=O)O)c1. The van der Waals surface area contributed by atoms with Crippen LogP contribution in [0.25, 0.3) is 33.4 Å². The summed E-state index contributed by atoms with van der Waals surface area (Å²) in [5.74, 6) is -2.59. The maximum Gasteiger partial charge on any atom is 0.336 e. The Kier molecular flexibility index (Phi) is 10.1. The number of hydrogen-bond acceptors (Lipinski definition) is 9. The highest BCUT2D eigenvalue weighted by Crippen LogP contribution is 2.42. The first kappa shape index (κ1) is 33.6. The zero-order valence-corrected chi connectivity index (χ0v) is 26.3. The normalized spacial score (nSPS) is 16.1. The number of aromatic hydroxyl groups is 1. The van der Waals surface area contributed by atoms with E-state index >= 15 is 0 Å². The molecular formula is C35H35N3O10. The van der Waals surface area contributed by atoms with Crippen LogP contribution >= 0.6 is 0 Å². The van der Waals surface area contributed by atoms with Gasteiger partial charge in [-0.3, -0.25) is 19.2 Å². The number of ether oxygens (including phenoxy) is 1. The van der Waals surface area contributed by atoms with Crippen molar-refractivity contribution in [2.75, 3.05) is 6.54 Å². The van der Waals surface area contributed by atoms with Gasteiger partial charge in [0.05, 0.1) is 12.0 Å². The number of aromatic carboxylic acids is 1. The predicted octanol–water partition coefficient (Wildman–Crippen LogP) is 3.12. The third-order valence-electron chi connectivity index (χ3n) is 8.12. The van der Waals surface area contributed by atoms with Crippen molar-refractivity contribution in [1.82, 2.24) is 16.0 Å². The molecule has 1 aliphatic carbocycles. The quantitative estimate of drug-likeness (QED) is 0.0808. The molecule has 3 aliphatic rings. The molecule has 13 heteroatoms. The van der Waals surface area contributed by atoms with Gasteiger partial charge in [-0.1, -0.05) is 18.6 Å². The maximum atomic E-state index is 12.7. The third kappa shape index (κ3) is 7.63. The molecule has 3 amide bonds. The van der Waals surface area contributed by atoms with Gasteiger partial charge in [0.1, 0.15) is 29.2 Å². The molecule has 0 aromatic heterocycles. The van der Waals surface area contributed by atoms with E-state index in [4.69, 9.17) is 9.15 Å². The van der Waals surface area contributed by atoms with Crippen LogP contribution in [-0.2, 0) is 30.3 Å². The van der Waals surface area contributed by atoms with Crippen molar-refractivity contribution < 1.29 is 43.3 Å². The van der Waals surface area contributed by atoms with Gasteiger partial charge >= 0.3 is 11.9 Å². The first-order chi connectivity index (χ1) is 22.9. The molecule has 5 rings (SSSR count). The Hall–Kier alpha value is -5.72. The summed E-state index contributed by atoms with van der Waals surface area (Å²) in [6.07, 6.45) is 1.53. The number of phenols is 1. The molecule has 2 unspecified atom stereocenters. The Morgan fingerprint density at radius 2 is 1.69 bits per heavy atom. The molecule has 48 heavy (non-hydrogen) atoms. The molecule has 1 saturated heterocycles. The molecule has 13 nitrogen and oxygen atoms in total. The molecule has 0 saturated carbocycles. The van der Waals surface area contributed by atoms with Crippen LogP contribution in [0.3, 0.4) is 0 Å². The Balaban J connectivity index is 1.14. The standard InChI is InChI=1S/C35H35N3O10/c1-18(33(43)38-32-19(2)47-35(32)46)37-29(41)6-4-3-5-13-36-30(42)15-20-7-10-23(26(14-20)34(44)45)31-24-11-8-21(39)16-27(24)48-28-17-22(40)9-12-25(28)31/h7-12,14,16-19,32,39H,3-6,13,15H2,1-2H3,(H,36,42)(H,37,41)(H,38,43)(H,44,45)/t18-,19?,32?/m0/s1. The van der Waals surface area contributed by atoms with Crippen LogP contribution < -0.4 is 21.4 Å². The van der Waals surface area contributed by atoms with E-state index in [1.807, 2.05) is 0 Å². The summed E-state index contributed by atoms with van der Waals surface area (Å²) < 4.78 is 10.7. The summed E-state index contributed by atoms with van der Waals surface area (Å²) in [6, 6.07) is 11.9. The summed E-state index contributed by atoms with van der Waals surface area (Å²) in [5.41, 5.74) is 1.82. The number of cyclic esters (lactones) is 1. The van der Waals surface area contributed by atoms with E-state index in [1.54, 1.807) is 31.2 Å². The predicted molar refractivity (Wildman–Crippen MR) is 173 cm³/mol. The Morgan fingerprint density at radius 1 is 0.917 bits per heavy atom. The van der Waals surface area contributed by atoms with Crippen LogP contribution in [-0.4, -0.2) is 64.6 Å². The monoisotopic (exact) mass is 657 g/mol. The number of esters is 1. The molecule has 0 spiro atoms. The molecule has 0 radical (unpaired) electrons.